The topological polar surface area (TPSA) is 124 Å². The number of aromatic nitrogens is 2. The van der Waals surface area contributed by atoms with Gasteiger partial charge in [-0.15, -0.1) is 0 Å². The largest absolute Gasteiger partial charge is 0.453 e. The van der Waals surface area contributed by atoms with Crippen LogP contribution in [0.1, 0.15) is 0 Å². The van der Waals surface area contributed by atoms with Crippen LogP contribution >= 0.6 is 0 Å². The van der Waals surface area contributed by atoms with Gasteiger partial charge in [-0.3, -0.25) is 19.8 Å². The Labute approximate surface area is 142 Å². The third-order valence-electron chi connectivity index (χ3n) is 3.16. The number of rotatable bonds is 5. The zero-order valence-corrected chi connectivity index (χ0v) is 13.7. The third-order valence-corrected chi connectivity index (χ3v) is 3.74. The van der Waals surface area contributed by atoms with Gasteiger partial charge in [0.1, 0.15) is 17.1 Å². The van der Waals surface area contributed by atoms with E-state index in [0.29, 0.717) is 22.4 Å². The van der Waals surface area contributed by atoms with Crippen molar-refractivity contribution in [2.24, 2.45) is 0 Å². The lowest BCUT2D eigenvalue weighted by molar-refractivity contribution is -0.383. The predicted octanol–water partition coefficient (Wildman–Crippen LogP) is 2.70. The number of nitro groups is 1. The number of pyridine rings is 2. The van der Waals surface area contributed by atoms with Gasteiger partial charge in [0.05, 0.1) is 22.8 Å². The van der Waals surface area contributed by atoms with Crippen LogP contribution in [-0.2, 0) is 10.0 Å². The molecule has 2 heterocycles. The molecule has 128 valence electrons. The number of hydrogen-bond donors (Lipinski definition) is 1. The number of hydrogen-bond acceptors (Lipinski definition) is 7. The van der Waals surface area contributed by atoms with Crippen LogP contribution in [0.25, 0.3) is 10.9 Å². The van der Waals surface area contributed by atoms with Gasteiger partial charge in [0.2, 0.25) is 10.0 Å². The minimum Gasteiger partial charge on any atom is -0.453 e. The molecule has 0 aliphatic carbocycles. The standard InChI is InChI=1S/C15H12N4O5S/c1-25(22,23)18-14-7-4-10(9-17-14)24-13-6-5-12(19(20)21)11-3-2-8-16-15(11)13/h2-9H,1H3,(H,17,18). The smallest absolute Gasteiger partial charge is 0.279 e. The molecule has 9 nitrogen and oxygen atoms in total. The Balaban J connectivity index is 1.93. The van der Waals surface area contributed by atoms with E-state index in [9.17, 15) is 18.5 Å². The van der Waals surface area contributed by atoms with E-state index >= 15 is 0 Å². The molecule has 2 aromatic heterocycles. The molecule has 0 bridgehead atoms. The molecule has 0 aliphatic heterocycles. The molecule has 0 aliphatic rings. The molecular formula is C15H12N4O5S. The monoisotopic (exact) mass is 360 g/mol. The first kappa shape index (κ1) is 16.6. The maximum atomic E-state index is 11.2. The summed E-state index contributed by atoms with van der Waals surface area (Å²) in [4.78, 5) is 18.7. The van der Waals surface area contributed by atoms with Crippen LogP contribution in [0.4, 0.5) is 11.5 Å². The number of benzene rings is 1. The molecule has 0 fully saturated rings. The van der Waals surface area contributed by atoms with Crippen LogP contribution in [0.2, 0.25) is 0 Å². The quantitative estimate of drug-likeness (QED) is 0.548. The van der Waals surface area contributed by atoms with Gasteiger partial charge in [0.25, 0.3) is 5.69 Å². The Morgan fingerprint density at radius 2 is 1.96 bits per heavy atom. The number of anilines is 1. The molecule has 0 radical (unpaired) electrons. The SMILES string of the molecule is CS(=O)(=O)Nc1ccc(Oc2ccc([N+](=O)[O-])c3cccnc23)cn1. The summed E-state index contributed by atoms with van der Waals surface area (Å²) in [5.41, 5.74) is 0.274. The Bertz CT molecular complexity index is 1050. The molecule has 0 saturated carbocycles. The van der Waals surface area contributed by atoms with Crippen LogP contribution in [0.15, 0.2) is 48.8 Å². The summed E-state index contributed by atoms with van der Waals surface area (Å²) in [6.45, 7) is 0. The van der Waals surface area contributed by atoms with Gasteiger partial charge in [-0.25, -0.2) is 13.4 Å². The highest BCUT2D eigenvalue weighted by molar-refractivity contribution is 7.92. The van der Waals surface area contributed by atoms with Crippen molar-refractivity contribution in [1.29, 1.82) is 0 Å². The van der Waals surface area contributed by atoms with E-state index in [2.05, 4.69) is 14.7 Å². The van der Waals surface area contributed by atoms with Crippen molar-refractivity contribution in [3.8, 4) is 11.5 Å². The van der Waals surface area contributed by atoms with Crippen molar-refractivity contribution in [3.63, 3.8) is 0 Å². The van der Waals surface area contributed by atoms with Crippen molar-refractivity contribution in [2.75, 3.05) is 11.0 Å². The molecular weight excluding hydrogens is 348 g/mol. The fraction of sp³-hybridized carbons (Fsp3) is 0.0667. The Kier molecular flexibility index (Phi) is 4.19. The molecule has 0 amide bonds. The van der Waals surface area contributed by atoms with Gasteiger partial charge >= 0.3 is 0 Å². The van der Waals surface area contributed by atoms with Gasteiger partial charge in [-0.2, -0.15) is 0 Å². The number of nitro benzene ring substituents is 1. The Morgan fingerprint density at radius 3 is 2.60 bits per heavy atom. The summed E-state index contributed by atoms with van der Waals surface area (Å²) < 4.78 is 30.3. The Morgan fingerprint density at radius 1 is 1.16 bits per heavy atom. The van der Waals surface area contributed by atoms with Gasteiger partial charge < -0.3 is 4.74 Å². The van der Waals surface area contributed by atoms with Crippen molar-refractivity contribution in [3.05, 3.63) is 58.9 Å². The second kappa shape index (κ2) is 6.32. The minimum absolute atomic E-state index is 0.0683. The summed E-state index contributed by atoms with van der Waals surface area (Å²) in [6.07, 6.45) is 3.87. The van der Waals surface area contributed by atoms with E-state index in [1.807, 2.05) is 0 Å². The maximum Gasteiger partial charge on any atom is 0.279 e. The van der Waals surface area contributed by atoms with E-state index in [1.165, 1.54) is 36.7 Å². The fourth-order valence-corrected chi connectivity index (χ4v) is 2.69. The number of nitrogens with zero attached hydrogens (tertiary/aromatic N) is 3. The van der Waals surface area contributed by atoms with Crippen LogP contribution in [0.3, 0.4) is 0 Å². The van der Waals surface area contributed by atoms with Crippen LogP contribution < -0.4 is 9.46 Å². The van der Waals surface area contributed by atoms with Crippen LogP contribution in [0, 0.1) is 10.1 Å². The summed E-state index contributed by atoms with van der Waals surface area (Å²) in [5.74, 6) is 0.813. The first-order valence-electron chi connectivity index (χ1n) is 6.97. The lowest BCUT2D eigenvalue weighted by Gasteiger charge is -2.09. The second-order valence-corrected chi connectivity index (χ2v) is 6.84. The van der Waals surface area contributed by atoms with E-state index in [4.69, 9.17) is 4.74 Å². The van der Waals surface area contributed by atoms with Gasteiger partial charge in [-0.05, 0) is 30.3 Å². The minimum atomic E-state index is -3.42. The highest BCUT2D eigenvalue weighted by Crippen LogP contribution is 2.33. The molecule has 1 N–H and O–H groups in total. The van der Waals surface area contributed by atoms with E-state index in [1.54, 1.807) is 12.1 Å². The van der Waals surface area contributed by atoms with Crippen molar-refractivity contribution in [1.82, 2.24) is 9.97 Å². The van der Waals surface area contributed by atoms with Crippen molar-refractivity contribution < 1.29 is 18.1 Å². The van der Waals surface area contributed by atoms with E-state index < -0.39 is 14.9 Å². The predicted molar refractivity (Wildman–Crippen MR) is 91.2 cm³/mol. The van der Waals surface area contributed by atoms with Gasteiger partial charge in [-0.1, -0.05) is 0 Å². The van der Waals surface area contributed by atoms with Crippen LogP contribution in [-0.4, -0.2) is 29.6 Å². The average molecular weight is 360 g/mol. The highest BCUT2D eigenvalue weighted by atomic mass is 32.2. The third kappa shape index (κ3) is 3.80. The number of sulfonamides is 1. The molecule has 0 atom stereocenters. The maximum absolute atomic E-state index is 11.2. The lowest BCUT2D eigenvalue weighted by atomic mass is 10.1. The van der Waals surface area contributed by atoms with E-state index in [-0.39, 0.29) is 11.5 Å². The van der Waals surface area contributed by atoms with E-state index in [0.717, 1.165) is 6.26 Å². The first-order valence-corrected chi connectivity index (χ1v) is 8.86. The fourth-order valence-electron chi connectivity index (χ4n) is 2.19. The number of nitrogens with one attached hydrogen (secondary N) is 1. The zero-order chi connectivity index (χ0) is 18.0. The molecule has 0 saturated heterocycles. The zero-order valence-electron chi connectivity index (χ0n) is 12.9. The van der Waals surface area contributed by atoms with Crippen molar-refractivity contribution >= 4 is 32.4 Å². The van der Waals surface area contributed by atoms with Crippen LogP contribution in [0.5, 0.6) is 11.5 Å². The number of non-ortho nitro benzene ring substituents is 1. The molecule has 3 aromatic rings. The normalized spacial score (nSPS) is 11.2. The molecule has 25 heavy (non-hydrogen) atoms. The average Bonchev–Trinajstić information content (AvgIpc) is 2.55. The summed E-state index contributed by atoms with van der Waals surface area (Å²) in [5, 5.41) is 11.5. The number of ether oxygens (including phenoxy) is 1. The molecule has 10 heteroatoms. The lowest BCUT2D eigenvalue weighted by Crippen LogP contribution is -2.10. The first-order chi connectivity index (χ1) is 11.8. The van der Waals surface area contributed by atoms with Gasteiger partial charge in [0.15, 0.2) is 5.75 Å². The molecule has 3 rings (SSSR count). The highest BCUT2D eigenvalue weighted by Gasteiger charge is 2.16. The van der Waals surface area contributed by atoms with Gasteiger partial charge in [0, 0.05) is 12.3 Å². The summed E-state index contributed by atoms with van der Waals surface area (Å²) in [6, 6.07) is 8.95. The summed E-state index contributed by atoms with van der Waals surface area (Å²) >= 11 is 0. The molecule has 0 spiro atoms. The molecule has 1 aromatic carbocycles. The Hall–Kier alpha value is -3.27. The van der Waals surface area contributed by atoms with Crippen molar-refractivity contribution in [2.45, 2.75) is 0 Å². The summed E-state index contributed by atoms with van der Waals surface area (Å²) in [7, 11) is -3.42. The number of fused-ring (bicyclic) bond motifs is 1. The second-order valence-electron chi connectivity index (χ2n) is 5.09. The molecule has 0 unspecified atom stereocenters.